The van der Waals surface area contributed by atoms with Gasteiger partial charge < -0.3 is 5.73 Å². The zero-order valence-corrected chi connectivity index (χ0v) is 10.7. The first-order valence-electron chi connectivity index (χ1n) is 5.13. The lowest BCUT2D eigenvalue weighted by atomic mass is 10.2. The number of hydrogen-bond donors (Lipinski definition) is 1. The highest BCUT2D eigenvalue weighted by Gasteiger charge is 2.30. The van der Waals surface area contributed by atoms with Crippen LogP contribution in [0.2, 0.25) is 0 Å². The molecule has 6 heteroatoms. The monoisotopic (exact) mass is 269 g/mol. The van der Waals surface area contributed by atoms with Gasteiger partial charge >= 0.3 is 0 Å². The third-order valence-electron chi connectivity index (χ3n) is 2.47. The average Bonchev–Trinajstić information content (AvgIpc) is 2.85. The highest BCUT2D eigenvalue weighted by atomic mass is 32.2. The van der Waals surface area contributed by atoms with E-state index in [2.05, 4.69) is 10.7 Å². The summed E-state index contributed by atoms with van der Waals surface area (Å²) in [5.41, 5.74) is 4.43. The van der Waals surface area contributed by atoms with E-state index in [1.807, 2.05) is 0 Å². The molecule has 0 saturated heterocycles. The van der Waals surface area contributed by atoms with E-state index in [-0.39, 0.29) is 0 Å². The van der Waals surface area contributed by atoms with E-state index in [1.165, 1.54) is 11.3 Å². The fourth-order valence-corrected chi connectivity index (χ4v) is 4.49. The van der Waals surface area contributed by atoms with E-state index in [0.717, 1.165) is 0 Å². The molecule has 0 aliphatic carbocycles. The maximum Gasteiger partial charge on any atom is 0.200 e. The summed E-state index contributed by atoms with van der Waals surface area (Å²) in [6, 6.07) is 6.87. The molecule has 0 aromatic carbocycles. The predicted octanol–water partition coefficient (Wildman–Crippen LogP) is 0.900. The first-order chi connectivity index (χ1) is 8.16. The van der Waals surface area contributed by atoms with Gasteiger partial charge in [-0.1, -0.05) is 12.1 Å². The summed E-state index contributed by atoms with van der Waals surface area (Å²) >= 11 is 1.23. The lowest BCUT2D eigenvalue weighted by Gasteiger charge is -2.12. The molecule has 0 radical (unpaired) electrons. The van der Waals surface area contributed by atoms with E-state index < -0.39 is 15.1 Å². The van der Waals surface area contributed by atoms with Gasteiger partial charge in [-0.2, -0.15) is 0 Å². The molecule has 0 spiro atoms. The van der Waals surface area contributed by atoms with Crippen LogP contribution >= 0.6 is 11.3 Å². The average molecular weight is 269 g/mol. The summed E-state index contributed by atoms with van der Waals surface area (Å²) in [6.07, 6.45) is 3.21. The topological polar surface area (TPSA) is 74.7 Å². The minimum Gasteiger partial charge on any atom is -0.356 e. The zero-order valence-electron chi connectivity index (χ0n) is 9.11. The minimum absolute atomic E-state index is 0.298. The van der Waals surface area contributed by atoms with Crippen molar-refractivity contribution in [3.63, 3.8) is 0 Å². The SMILES string of the molecule is [NH3+]C[C@H](c1cccnc1)S(=O)(=O)c1cccs1. The van der Waals surface area contributed by atoms with Crippen LogP contribution in [0.4, 0.5) is 0 Å². The number of quaternary nitrogens is 1. The van der Waals surface area contributed by atoms with Crippen molar-refractivity contribution in [2.24, 2.45) is 0 Å². The van der Waals surface area contributed by atoms with Gasteiger partial charge in [-0.05, 0) is 23.1 Å². The summed E-state index contributed by atoms with van der Waals surface area (Å²) in [5, 5.41) is 1.14. The molecule has 2 aromatic rings. The van der Waals surface area contributed by atoms with Crippen LogP contribution in [-0.2, 0) is 9.84 Å². The Kier molecular flexibility index (Phi) is 3.56. The van der Waals surface area contributed by atoms with E-state index in [0.29, 0.717) is 16.3 Å². The smallest absolute Gasteiger partial charge is 0.200 e. The summed E-state index contributed by atoms with van der Waals surface area (Å²) < 4.78 is 25.1. The van der Waals surface area contributed by atoms with Gasteiger partial charge in [-0.25, -0.2) is 8.42 Å². The normalized spacial score (nSPS) is 13.5. The second-order valence-corrected chi connectivity index (χ2v) is 6.85. The molecule has 0 amide bonds. The molecule has 17 heavy (non-hydrogen) atoms. The Morgan fingerprint density at radius 1 is 1.35 bits per heavy atom. The highest BCUT2D eigenvalue weighted by Crippen LogP contribution is 2.29. The molecule has 2 rings (SSSR count). The Morgan fingerprint density at radius 2 is 2.18 bits per heavy atom. The molecule has 0 aliphatic rings. The van der Waals surface area contributed by atoms with Gasteiger partial charge in [-0.3, -0.25) is 4.98 Å². The molecule has 0 unspecified atom stereocenters. The Hall–Kier alpha value is -1.24. The van der Waals surface area contributed by atoms with Crippen LogP contribution in [0.25, 0.3) is 0 Å². The maximum absolute atomic E-state index is 12.4. The molecule has 0 fully saturated rings. The predicted molar refractivity (Wildman–Crippen MR) is 66.2 cm³/mol. The van der Waals surface area contributed by atoms with Gasteiger partial charge in [0.25, 0.3) is 0 Å². The van der Waals surface area contributed by atoms with Gasteiger partial charge in [0, 0.05) is 12.4 Å². The van der Waals surface area contributed by atoms with Crippen LogP contribution in [0.1, 0.15) is 10.8 Å². The molecule has 0 bridgehead atoms. The molecule has 2 aromatic heterocycles. The van der Waals surface area contributed by atoms with E-state index in [9.17, 15) is 8.42 Å². The van der Waals surface area contributed by atoms with Crippen LogP contribution in [0, 0.1) is 0 Å². The summed E-state index contributed by atoms with van der Waals surface area (Å²) in [4.78, 5) is 3.96. The van der Waals surface area contributed by atoms with Gasteiger partial charge in [0.05, 0.1) is 6.54 Å². The number of hydrogen-bond acceptors (Lipinski definition) is 4. The maximum atomic E-state index is 12.4. The summed E-state index contributed by atoms with van der Waals surface area (Å²) in [5.74, 6) is 0. The van der Waals surface area contributed by atoms with Gasteiger partial charge in [0.1, 0.15) is 9.46 Å². The molecule has 4 nitrogen and oxygen atoms in total. The number of sulfone groups is 1. The number of rotatable bonds is 4. The van der Waals surface area contributed by atoms with Crippen molar-refractivity contribution in [3.8, 4) is 0 Å². The van der Waals surface area contributed by atoms with Crippen LogP contribution in [0.15, 0.2) is 46.2 Å². The Bertz CT molecular complexity index is 565. The second kappa shape index (κ2) is 4.95. The Morgan fingerprint density at radius 3 is 2.71 bits per heavy atom. The van der Waals surface area contributed by atoms with Gasteiger partial charge in [-0.15, -0.1) is 11.3 Å². The number of pyridine rings is 1. The second-order valence-electron chi connectivity index (χ2n) is 3.54. The minimum atomic E-state index is -3.34. The number of thiophene rings is 1. The van der Waals surface area contributed by atoms with E-state index >= 15 is 0 Å². The molecule has 90 valence electrons. The van der Waals surface area contributed by atoms with E-state index in [4.69, 9.17) is 0 Å². The number of nitrogens with zero attached hydrogens (tertiary/aromatic N) is 1. The van der Waals surface area contributed by atoms with Crippen LogP contribution in [-0.4, -0.2) is 19.9 Å². The van der Waals surface area contributed by atoms with E-state index in [1.54, 1.807) is 42.0 Å². The highest BCUT2D eigenvalue weighted by molar-refractivity contribution is 7.93. The van der Waals surface area contributed by atoms with Gasteiger partial charge in [0.2, 0.25) is 0 Å². The van der Waals surface area contributed by atoms with Crippen LogP contribution in [0.5, 0.6) is 0 Å². The molecular formula is C11H13N2O2S2+. The van der Waals surface area contributed by atoms with Crippen molar-refractivity contribution in [1.82, 2.24) is 4.98 Å². The fourth-order valence-electron chi connectivity index (χ4n) is 1.63. The fraction of sp³-hybridized carbons (Fsp3) is 0.182. The Labute approximate surface area is 104 Å². The largest absolute Gasteiger partial charge is 0.356 e. The lowest BCUT2D eigenvalue weighted by molar-refractivity contribution is -0.367. The van der Waals surface area contributed by atoms with Crippen molar-refractivity contribution in [2.45, 2.75) is 9.46 Å². The molecular weight excluding hydrogens is 256 g/mol. The first kappa shape index (κ1) is 12.2. The van der Waals surface area contributed by atoms with Crippen molar-refractivity contribution in [2.75, 3.05) is 6.54 Å². The van der Waals surface area contributed by atoms with Crippen LogP contribution in [0.3, 0.4) is 0 Å². The van der Waals surface area contributed by atoms with Crippen molar-refractivity contribution >= 4 is 21.2 Å². The summed E-state index contributed by atoms with van der Waals surface area (Å²) in [7, 11) is -3.34. The first-order valence-corrected chi connectivity index (χ1v) is 7.55. The Balaban J connectivity index is 2.44. The molecule has 2 heterocycles. The zero-order chi connectivity index (χ0) is 12.3. The van der Waals surface area contributed by atoms with Gasteiger partial charge in [0.15, 0.2) is 9.84 Å². The summed E-state index contributed by atoms with van der Waals surface area (Å²) in [6.45, 7) is 0.298. The molecule has 1 atom stereocenters. The third-order valence-corrected chi connectivity index (χ3v) is 6.07. The third kappa shape index (κ3) is 2.38. The molecule has 3 N–H and O–H groups in total. The van der Waals surface area contributed by atoms with Crippen molar-refractivity contribution in [3.05, 3.63) is 47.6 Å². The number of aromatic nitrogens is 1. The molecule has 0 saturated carbocycles. The van der Waals surface area contributed by atoms with Crippen molar-refractivity contribution < 1.29 is 14.2 Å². The lowest BCUT2D eigenvalue weighted by Crippen LogP contribution is -2.54. The molecule has 0 aliphatic heterocycles. The van der Waals surface area contributed by atoms with Crippen molar-refractivity contribution in [1.29, 1.82) is 0 Å². The van der Waals surface area contributed by atoms with Crippen LogP contribution < -0.4 is 5.73 Å². The standard InChI is InChI=1S/C11H12N2O2S2/c12-7-10(9-3-1-5-13-8-9)17(14,15)11-4-2-6-16-11/h1-6,8,10H,7,12H2/p+1/t10-/m1/s1. The quantitative estimate of drug-likeness (QED) is 0.896.